The third-order valence-corrected chi connectivity index (χ3v) is 1.80. The molecule has 0 unspecified atom stereocenters. The molecule has 0 fully saturated rings. The highest BCUT2D eigenvalue weighted by atomic mass is 19.4. The number of alkyl halides is 6. The van der Waals surface area contributed by atoms with Crippen molar-refractivity contribution in [3.8, 4) is 0 Å². The van der Waals surface area contributed by atoms with E-state index in [0.717, 1.165) is 0 Å². The van der Waals surface area contributed by atoms with Crippen LogP contribution in [0.2, 0.25) is 0 Å². The Morgan fingerprint density at radius 1 is 1.00 bits per heavy atom. The van der Waals surface area contributed by atoms with Crippen LogP contribution in [0.4, 0.5) is 26.3 Å². The second-order valence-corrected chi connectivity index (χ2v) is 3.60. The van der Waals surface area contributed by atoms with Crippen molar-refractivity contribution in [3.05, 3.63) is 12.2 Å². The maximum absolute atomic E-state index is 12.1. The summed E-state index contributed by atoms with van der Waals surface area (Å²) in [5.41, 5.74) is -0.0280. The molecule has 0 aromatic rings. The molecule has 0 amide bonds. The van der Waals surface area contributed by atoms with Crippen molar-refractivity contribution < 1.29 is 45.4 Å². The summed E-state index contributed by atoms with van der Waals surface area (Å²) in [4.78, 5) is 21.6. The van der Waals surface area contributed by atoms with E-state index in [-0.39, 0.29) is 5.57 Å². The van der Waals surface area contributed by atoms with Gasteiger partial charge in [0.25, 0.3) is 0 Å². The molecule has 0 heterocycles. The van der Waals surface area contributed by atoms with Crippen LogP contribution in [0.3, 0.4) is 0 Å². The molecule has 0 aliphatic rings. The van der Waals surface area contributed by atoms with E-state index < -0.39 is 43.4 Å². The average molecular weight is 308 g/mol. The van der Waals surface area contributed by atoms with Gasteiger partial charge in [0.2, 0.25) is 5.92 Å². The molecule has 0 bridgehead atoms. The lowest BCUT2D eigenvalue weighted by Crippen LogP contribution is -2.43. The number of ether oxygens (including phenoxy) is 2. The number of rotatable bonds is 5. The summed E-state index contributed by atoms with van der Waals surface area (Å²) in [6.45, 7) is 2.85. The molecule has 0 aliphatic heterocycles. The Balaban J connectivity index is 4.44. The van der Waals surface area contributed by atoms with Gasteiger partial charge in [0.15, 0.2) is 0 Å². The van der Waals surface area contributed by atoms with Gasteiger partial charge in [-0.2, -0.15) is 26.3 Å². The lowest BCUT2D eigenvalue weighted by Gasteiger charge is -2.21. The zero-order chi connectivity index (χ0) is 16.1. The van der Waals surface area contributed by atoms with Crippen molar-refractivity contribution in [3.63, 3.8) is 0 Å². The molecule has 0 aromatic heterocycles. The van der Waals surface area contributed by atoms with Gasteiger partial charge in [0.05, 0.1) is 0 Å². The first kappa shape index (κ1) is 18.3. The Bertz CT molecular complexity index is 370. The van der Waals surface area contributed by atoms with Gasteiger partial charge in [-0.1, -0.05) is 6.58 Å². The minimum absolute atomic E-state index is 0.0280. The normalized spacial score (nSPS) is 12.2. The van der Waals surface area contributed by atoms with Crippen molar-refractivity contribution >= 4 is 11.9 Å². The van der Waals surface area contributed by atoms with Crippen molar-refractivity contribution in [1.29, 1.82) is 0 Å². The van der Waals surface area contributed by atoms with Crippen LogP contribution in [-0.2, 0) is 19.1 Å². The van der Waals surface area contributed by atoms with E-state index in [1.54, 1.807) is 0 Å². The molecule has 0 aromatic carbocycles. The minimum Gasteiger partial charge on any atom is -0.461 e. The fraction of sp³-hybridized carbons (Fsp3) is 0.600. The molecule has 0 rings (SSSR count). The van der Waals surface area contributed by atoms with Crippen LogP contribution >= 0.6 is 0 Å². The second-order valence-electron chi connectivity index (χ2n) is 3.60. The van der Waals surface area contributed by atoms with Gasteiger partial charge in [-0.05, 0) is 6.92 Å². The monoisotopic (exact) mass is 308 g/mol. The highest BCUT2D eigenvalue weighted by molar-refractivity contribution is 5.86. The van der Waals surface area contributed by atoms with E-state index in [1.165, 1.54) is 6.92 Å². The van der Waals surface area contributed by atoms with Crippen LogP contribution in [0.5, 0.6) is 0 Å². The molecule has 0 spiro atoms. The number of hydrogen-bond donors (Lipinski definition) is 0. The Morgan fingerprint density at radius 3 is 1.75 bits per heavy atom. The van der Waals surface area contributed by atoms with Gasteiger partial charge in [-0.3, -0.25) is 4.79 Å². The Kier molecular flexibility index (Phi) is 6.04. The Hall–Kier alpha value is -1.74. The quantitative estimate of drug-likeness (QED) is 0.339. The van der Waals surface area contributed by atoms with Crippen LogP contribution in [0.15, 0.2) is 12.2 Å². The maximum Gasteiger partial charge on any atom is 0.411 e. The summed E-state index contributed by atoms with van der Waals surface area (Å²) in [6.07, 6.45) is -11.6. The van der Waals surface area contributed by atoms with Gasteiger partial charge >= 0.3 is 24.3 Å². The molecule has 10 heteroatoms. The minimum atomic E-state index is -5.82. The van der Waals surface area contributed by atoms with Gasteiger partial charge < -0.3 is 9.47 Å². The van der Waals surface area contributed by atoms with E-state index >= 15 is 0 Å². The lowest BCUT2D eigenvalue weighted by atomic mass is 10.1. The number of halogens is 6. The highest BCUT2D eigenvalue weighted by Crippen LogP contribution is 2.39. The summed E-state index contributed by atoms with van der Waals surface area (Å²) < 4.78 is 80.7. The van der Waals surface area contributed by atoms with Crippen LogP contribution in [0, 0.1) is 5.92 Å². The van der Waals surface area contributed by atoms with Gasteiger partial charge in [-0.25, -0.2) is 4.79 Å². The predicted molar refractivity (Wildman–Crippen MR) is 52.3 cm³/mol. The molecule has 0 aliphatic carbocycles. The van der Waals surface area contributed by atoms with Crippen molar-refractivity contribution in [1.82, 2.24) is 0 Å². The molecule has 0 atom stereocenters. The molecule has 0 saturated carbocycles. The zero-order valence-corrected chi connectivity index (χ0v) is 10.1. The second kappa shape index (κ2) is 6.62. The van der Waals surface area contributed by atoms with E-state index in [1.807, 2.05) is 0 Å². The summed E-state index contributed by atoms with van der Waals surface area (Å²) in [7, 11) is 0. The number of carbonyl (C=O) groups excluding carboxylic acids is 2. The predicted octanol–water partition coefficient (Wildman–Crippen LogP) is 2.39. The smallest absolute Gasteiger partial charge is 0.411 e. The summed E-state index contributed by atoms with van der Waals surface area (Å²) >= 11 is 0. The largest absolute Gasteiger partial charge is 0.461 e. The van der Waals surface area contributed by atoms with E-state index in [4.69, 9.17) is 0 Å². The van der Waals surface area contributed by atoms with Crippen molar-refractivity contribution in [2.75, 3.05) is 13.2 Å². The fourth-order valence-corrected chi connectivity index (χ4v) is 0.936. The third kappa shape index (κ3) is 5.93. The van der Waals surface area contributed by atoms with E-state index in [0.29, 0.717) is 0 Å². The Morgan fingerprint density at radius 2 is 1.40 bits per heavy atom. The van der Waals surface area contributed by atoms with Gasteiger partial charge in [-0.15, -0.1) is 0 Å². The van der Waals surface area contributed by atoms with Crippen molar-refractivity contribution in [2.24, 2.45) is 5.92 Å². The molecule has 116 valence electrons. The van der Waals surface area contributed by atoms with Crippen LogP contribution < -0.4 is 0 Å². The van der Waals surface area contributed by atoms with Crippen LogP contribution in [0.1, 0.15) is 6.92 Å². The lowest BCUT2D eigenvalue weighted by molar-refractivity contribution is -0.282. The molecular weight excluding hydrogens is 298 g/mol. The molecule has 0 N–H and O–H groups in total. The summed E-state index contributed by atoms with van der Waals surface area (Å²) in [6, 6.07) is 0. The fourth-order valence-electron chi connectivity index (χ4n) is 0.936. The topological polar surface area (TPSA) is 52.6 Å². The highest BCUT2D eigenvalue weighted by Gasteiger charge is 2.62. The first-order chi connectivity index (χ1) is 8.87. The number of carbonyl (C=O) groups is 2. The maximum atomic E-state index is 12.1. The zero-order valence-electron chi connectivity index (χ0n) is 10.1. The van der Waals surface area contributed by atoms with Crippen LogP contribution in [0.25, 0.3) is 0 Å². The van der Waals surface area contributed by atoms with Crippen molar-refractivity contribution in [2.45, 2.75) is 19.3 Å². The first-order valence-electron chi connectivity index (χ1n) is 5.00. The van der Waals surface area contributed by atoms with Crippen LogP contribution in [-0.4, -0.2) is 37.5 Å². The standard InChI is InChI=1S/C10H10F6O4/c1-5(2)7(17)19-3-4-20-8(18)6(9(11,12)13)10(14,15)16/h6H,1,3-4H2,2H3. The average Bonchev–Trinajstić information content (AvgIpc) is 2.19. The molecular formula is C10H10F6O4. The number of esters is 2. The van der Waals surface area contributed by atoms with Gasteiger partial charge in [0.1, 0.15) is 13.2 Å². The SMILES string of the molecule is C=C(C)C(=O)OCCOC(=O)C(C(F)(F)F)C(F)(F)F. The first-order valence-corrected chi connectivity index (χ1v) is 5.00. The molecule has 20 heavy (non-hydrogen) atoms. The summed E-state index contributed by atoms with van der Waals surface area (Å²) in [5, 5.41) is 0. The molecule has 0 radical (unpaired) electrons. The summed E-state index contributed by atoms with van der Waals surface area (Å²) in [5.74, 6) is -7.65. The Labute approximate surface area is 109 Å². The van der Waals surface area contributed by atoms with Gasteiger partial charge in [0, 0.05) is 5.57 Å². The third-order valence-electron chi connectivity index (χ3n) is 1.80. The molecule has 0 saturated heterocycles. The van der Waals surface area contributed by atoms with E-state index in [2.05, 4.69) is 16.1 Å². The van der Waals surface area contributed by atoms with E-state index in [9.17, 15) is 35.9 Å². The number of hydrogen-bond acceptors (Lipinski definition) is 4. The molecule has 4 nitrogen and oxygen atoms in total.